The normalized spacial score (nSPS) is 12.6. The van der Waals surface area contributed by atoms with E-state index in [1.54, 1.807) is 19.1 Å². The number of hydrogen-bond donors (Lipinski definition) is 2. The topological polar surface area (TPSA) is 116 Å². The molecule has 0 saturated heterocycles. The van der Waals surface area contributed by atoms with Crippen LogP contribution in [0.25, 0.3) is 0 Å². The molecule has 11 heteroatoms. The largest absolute Gasteiger partial charge is 0.503 e. The van der Waals surface area contributed by atoms with E-state index in [0.717, 1.165) is 0 Å². The van der Waals surface area contributed by atoms with Crippen LogP contribution in [0.4, 0.5) is 8.78 Å². The van der Waals surface area contributed by atoms with E-state index in [9.17, 15) is 23.5 Å². The Bertz CT molecular complexity index is 1300. The average molecular weight is 559 g/mol. The van der Waals surface area contributed by atoms with Crippen LogP contribution in [0.15, 0.2) is 48.7 Å². The molecule has 40 heavy (non-hydrogen) atoms. The third-order valence-corrected chi connectivity index (χ3v) is 6.27. The Morgan fingerprint density at radius 2 is 1.48 bits per heavy atom. The molecule has 1 amide bonds. The second-order valence-corrected chi connectivity index (χ2v) is 9.08. The van der Waals surface area contributed by atoms with Crippen LogP contribution < -0.4 is 10.1 Å². The third-order valence-electron chi connectivity index (χ3n) is 6.27. The number of carbonyl (C=O) groups is 2. The Balaban J connectivity index is 1.93. The summed E-state index contributed by atoms with van der Waals surface area (Å²) in [4.78, 5) is 29.7. The Morgan fingerprint density at radius 3 is 1.98 bits per heavy atom. The minimum atomic E-state index is -1.14. The Kier molecular flexibility index (Phi) is 10.5. The van der Waals surface area contributed by atoms with E-state index in [0.29, 0.717) is 22.3 Å². The van der Waals surface area contributed by atoms with E-state index in [2.05, 4.69) is 10.3 Å². The van der Waals surface area contributed by atoms with Gasteiger partial charge in [0.15, 0.2) is 17.2 Å². The number of benzene rings is 2. The van der Waals surface area contributed by atoms with Crippen LogP contribution in [-0.2, 0) is 32.2 Å². The van der Waals surface area contributed by atoms with Crippen LogP contribution >= 0.6 is 0 Å². The lowest BCUT2D eigenvalue weighted by atomic mass is 9.82. The summed E-state index contributed by atoms with van der Waals surface area (Å²) in [7, 11) is 4.27. The van der Waals surface area contributed by atoms with Crippen molar-refractivity contribution < 1.29 is 42.4 Å². The fraction of sp³-hybridized carbons (Fsp3) is 0.345. The van der Waals surface area contributed by atoms with E-state index in [-0.39, 0.29) is 24.7 Å². The highest BCUT2D eigenvalue weighted by molar-refractivity contribution is 5.97. The van der Waals surface area contributed by atoms with Crippen molar-refractivity contribution in [1.29, 1.82) is 0 Å². The molecule has 3 aromatic rings. The Labute approximate surface area is 231 Å². The van der Waals surface area contributed by atoms with Crippen molar-refractivity contribution in [3.05, 3.63) is 88.2 Å². The summed E-state index contributed by atoms with van der Waals surface area (Å²) in [6.07, 6.45) is 0.418. The quantitative estimate of drug-likeness (QED) is 0.317. The minimum Gasteiger partial charge on any atom is -0.503 e. The third kappa shape index (κ3) is 7.10. The van der Waals surface area contributed by atoms with Gasteiger partial charge in [-0.2, -0.15) is 0 Å². The van der Waals surface area contributed by atoms with Crippen molar-refractivity contribution in [2.24, 2.45) is 0 Å². The number of pyridine rings is 1. The van der Waals surface area contributed by atoms with Crippen LogP contribution in [0.3, 0.4) is 0 Å². The van der Waals surface area contributed by atoms with Crippen LogP contribution in [0, 0.1) is 11.6 Å². The highest BCUT2D eigenvalue weighted by Gasteiger charge is 2.31. The molecule has 0 bridgehead atoms. The Hall–Kier alpha value is -4.09. The molecule has 0 radical (unpaired) electrons. The van der Waals surface area contributed by atoms with Gasteiger partial charge >= 0.3 is 5.97 Å². The van der Waals surface area contributed by atoms with E-state index in [4.69, 9.17) is 18.9 Å². The predicted molar refractivity (Wildman–Crippen MR) is 141 cm³/mol. The zero-order valence-electron chi connectivity index (χ0n) is 22.9. The number of esters is 1. The lowest BCUT2D eigenvalue weighted by Gasteiger charge is -2.29. The SMILES string of the molecule is COCc1cc(F)ccc1C(c1ccc(F)cc1COC)[C@H](C)OC(=O)[C@H](C)NC(=O)c1nccc(OC)c1O. The predicted octanol–water partition coefficient (Wildman–Crippen LogP) is 4.25. The molecule has 0 aliphatic rings. The number of ether oxygens (including phenoxy) is 4. The van der Waals surface area contributed by atoms with Gasteiger partial charge in [0.05, 0.1) is 20.3 Å². The first-order chi connectivity index (χ1) is 19.1. The first-order valence-corrected chi connectivity index (χ1v) is 12.4. The molecule has 0 aliphatic carbocycles. The average Bonchev–Trinajstić information content (AvgIpc) is 2.91. The van der Waals surface area contributed by atoms with Gasteiger partial charge in [-0.15, -0.1) is 0 Å². The summed E-state index contributed by atoms with van der Waals surface area (Å²) >= 11 is 0. The van der Waals surface area contributed by atoms with Crippen molar-refractivity contribution in [2.45, 2.75) is 45.1 Å². The lowest BCUT2D eigenvalue weighted by molar-refractivity contribution is -0.150. The maximum atomic E-state index is 14.2. The molecule has 0 unspecified atom stereocenters. The molecule has 214 valence electrons. The zero-order valence-corrected chi connectivity index (χ0v) is 22.9. The number of aromatic nitrogens is 1. The number of carbonyl (C=O) groups excluding carboxylic acids is 2. The van der Waals surface area contributed by atoms with Crippen LogP contribution in [0.1, 0.15) is 52.5 Å². The van der Waals surface area contributed by atoms with Gasteiger partial charge in [0.2, 0.25) is 0 Å². The standard InChI is InChI=1S/C29H32F2N2O7/c1-16(33-28(35)26-27(34)24(39-5)10-11-32-26)29(36)40-17(2)25(22-8-6-20(30)12-18(22)14-37-3)23-9-7-21(31)13-19(23)15-38-4/h6-13,16-17,25,34H,14-15H2,1-5H3,(H,33,35)/t16-,17-/m0/s1. The maximum absolute atomic E-state index is 14.2. The number of amides is 1. The molecule has 2 atom stereocenters. The summed E-state index contributed by atoms with van der Waals surface area (Å²) in [6.45, 7) is 3.22. The van der Waals surface area contributed by atoms with Crippen LogP contribution in [-0.4, -0.2) is 55.4 Å². The maximum Gasteiger partial charge on any atom is 0.328 e. The first kappa shape index (κ1) is 30.5. The van der Waals surface area contributed by atoms with Crippen LogP contribution in [0.2, 0.25) is 0 Å². The second-order valence-electron chi connectivity index (χ2n) is 9.08. The number of nitrogens with one attached hydrogen (secondary N) is 1. The summed E-state index contributed by atoms with van der Waals surface area (Å²) < 4.78 is 49.7. The van der Waals surface area contributed by atoms with Gasteiger partial charge in [-0.25, -0.2) is 18.6 Å². The molecule has 2 N–H and O–H groups in total. The van der Waals surface area contributed by atoms with Crippen molar-refractivity contribution in [3.63, 3.8) is 0 Å². The minimum absolute atomic E-state index is 0.0455. The Morgan fingerprint density at radius 1 is 0.925 bits per heavy atom. The fourth-order valence-corrected chi connectivity index (χ4v) is 4.43. The van der Waals surface area contributed by atoms with Gasteiger partial charge in [0.25, 0.3) is 5.91 Å². The summed E-state index contributed by atoms with van der Waals surface area (Å²) in [6, 6.07) is 8.61. The molecule has 0 spiro atoms. The highest BCUT2D eigenvalue weighted by Crippen LogP contribution is 2.36. The number of aromatic hydroxyl groups is 1. The highest BCUT2D eigenvalue weighted by atomic mass is 19.1. The molecule has 0 fully saturated rings. The van der Waals surface area contributed by atoms with Gasteiger partial charge in [0, 0.05) is 32.4 Å². The molecule has 2 aromatic carbocycles. The van der Waals surface area contributed by atoms with Crippen molar-refractivity contribution in [2.75, 3.05) is 21.3 Å². The van der Waals surface area contributed by atoms with E-state index in [1.807, 2.05) is 0 Å². The molecule has 9 nitrogen and oxygen atoms in total. The monoisotopic (exact) mass is 558 g/mol. The first-order valence-electron chi connectivity index (χ1n) is 12.4. The zero-order chi connectivity index (χ0) is 29.4. The van der Waals surface area contributed by atoms with Crippen LogP contribution in [0.5, 0.6) is 11.5 Å². The number of hydrogen-bond acceptors (Lipinski definition) is 8. The molecule has 0 aliphatic heterocycles. The molecule has 1 heterocycles. The van der Waals surface area contributed by atoms with E-state index in [1.165, 1.54) is 64.8 Å². The van der Waals surface area contributed by atoms with Gasteiger partial charge in [-0.1, -0.05) is 12.1 Å². The van der Waals surface area contributed by atoms with E-state index >= 15 is 0 Å². The summed E-state index contributed by atoms with van der Waals surface area (Å²) in [5, 5.41) is 12.7. The smallest absolute Gasteiger partial charge is 0.328 e. The molecular formula is C29H32F2N2O7. The van der Waals surface area contributed by atoms with Gasteiger partial charge in [-0.3, -0.25) is 4.79 Å². The van der Waals surface area contributed by atoms with Crippen molar-refractivity contribution >= 4 is 11.9 Å². The van der Waals surface area contributed by atoms with Gasteiger partial charge in [0.1, 0.15) is 23.8 Å². The second kappa shape index (κ2) is 13.8. The number of rotatable bonds is 12. The number of nitrogens with zero attached hydrogens (tertiary/aromatic N) is 1. The molecule has 0 saturated carbocycles. The number of halogens is 2. The lowest BCUT2D eigenvalue weighted by Crippen LogP contribution is -2.41. The number of methoxy groups -OCH3 is 3. The summed E-state index contributed by atoms with van der Waals surface area (Å²) in [5.74, 6) is -3.63. The van der Waals surface area contributed by atoms with Crippen molar-refractivity contribution in [1.82, 2.24) is 10.3 Å². The van der Waals surface area contributed by atoms with Gasteiger partial charge < -0.3 is 29.4 Å². The van der Waals surface area contributed by atoms with E-state index < -0.39 is 47.3 Å². The molecule has 1 aromatic heterocycles. The molecule has 3 rings (SSSR count). The van der Waals surface area contributed by atoms with Crippen molar-refractivity contribution in [3.8, 4) is 11.5 Å². The molecular weight excluding hydrogens is 526 g/mol. The summed E-state index contributed by atoms with van der Waals surface area (Å²) in [5.41, 5.74) is 1.92. The fourth-order valence-electron chi connectivity index (χ4n) is 4.43. The van der Waals surface area contributed by atoms with Gasteiger partial charge in [-0.05, 0) is 60.4 Å².